The fraction of sp³-hybridized carbons (Fsp3) is 0.455. The Hall–Kier alpha value is -1.29. The maximum absolute atomic E-state index is 12.0. The van der Waals surface area contributed by atoms with Crippen molar-refractivity contribution >= 4 is 24.1 Å². The molecule has 1 unspecified atom stereocenters. The fourth-order valence-electron chi connectivity index (χ4n) is 1.85. The van der Waals surface area contributed by atoms with Crippen LogP contribution in [-0.2, 0) is 0 Å². The molecule has 2 N–H and O–H groups in total. The highest BCUT2D eigenvalue weighted by atomic mass is 35.5. The van der Waals surface area contributed by atoms with Crippen LogP contribution in [0.15, 0.2) is 18.2 Å². The van der Waals surface area contributed by atoms with Gasteiger partial charge in [-0.2, -0.15) is 0 Å². The first-order valence-corrected chi connectivity index (χ1v) is 5.18. The van der Waals surface area contributed by atoms with E-state index in [0.717, 1.165) is 19.5 Å². The molecule has 1 atom stereocenters. The predicted octanol–water partition coefficient (Wildman–Crippen LogP) is 1.57. The second-order valence-electron chi connectivity index (χ2n) is 4.09. The highest BCUT2D eigenvalue weighted by molar-refractivity contribution is 5.92. The Labute approximate surface area is 101 Å². The predicted molar refractivity (Wildman–Crippen MR) is 65.6 cm³/mol. The highest BCUT2D eigenvalue weighted by Gasteiger charge is 2.24. The molecule has 1 amide bonds. The number of nitrogens with zero attached hydrogens (tertiary/aromatic N) is 2. The molecule has 1 aliphatic heterocycles. The number of carbonyl (C=O) groups excluding carboxylic acids is 1. The van der Waals surface area contributed by atoms with Gasteiger partial charge in [0.1, 0.15) is 11.5 Å². The van der Waals surface area contributed by atoms with Gasteiger partial charge in [-0.3, -0.25) is 4.79 Å². The third kappa shape index (κ3) is 2.64. The summed E-state index contributed by atoms with van der Waals surface area (Å²) in [6.45, 7) is 3.81. The minimum Gasteiger partial charge on any atom is -0.384 e. The van der Waals surface area contributed by atoms with Gasteiger partial charge < -0.3 is 10.6 Å². The normalized spacial score (nSPS) is 19.3. The van der Waals surface area contributed by atoms with Crippen molar-refractivity contribution < 1.29 is 4.79 Å². The van der Waals surface area contributed by atoms with Gasteiger partial charge in [0.25, 0.3) is 5.91 Å². The Kier molecular flexibility index (Phi) is 4.12. The molecule has 5 heteroatoms. The maximum Gasteiger partial charge on any atom is 0.272 e. The number of likely N-dealkylation sites (tertiary alicyclic amines) is 1. The monoisotopic (exact) mass is 241 g/mol. The minimum absolute atomic E-state index is 0. The van der Waals surface area contributed by atoms with E-state index < -0.39 is 0 Å². The Morgan fingerprint density at radius 2 is 2.31 bits per heavy atom. The molecule has 0 aromatic carbocycles. The van der Waals surface area contributed by atoms with E-state index >= 15 is 0 Å². The summed E-state index contributed by atoms with van der Waals surface area (Å²) in [5, 5.41) is 0. The molecule has 1 aliphatic rings. The van der Waals surface area contributed by atoms with E-state index in [1.165, 1.54) is 0 Å². The van der Waals surface area contributed by atoms with Gasteiger partial charge in [-0.25, -0.2) is 4.98 Å². The number of carbonyl (C=O) groups is 1. The minimum atomic E-state index is -0.00773. The third-order valence-electron chi connectivity index (χ3n) is 2.70. The Morgan fingerprint density at radius 1 is 1.56 bits per heavy atom. The summed E-state index contributed by atoms with van der Waals surface area (Å²) in [6, 6.07) is 5.15. The number of halogens is 1. The summed E-state index contributed by atoms with van der Waals surface area (Å²) in [4.78, 5) is 17.8. The van der Waals surface area contributed by atoms with Gasteiger partial charge in [0.2, 0.25) is 0 Å². The summed E-state index contributed by atoms with van der Waals surface area (Å²) in [7, 11) is 0. The number of nitrogen functional groups attached to an aromatic ring is 1. The number of amides is 1. The van der Waals surface area contributed by atoms with Crippen molar-refractivity contribution in [1.82, 2.24) is 9.88 Å². The van der Waals surface area contributed by atoms with Crippen molar-refractivity contribution in [3.63, 3.8) is 0 Å². The van der Waals surface area contributed by atoms with Gasteiger partial charge in [0.05, 0.1) is 0 Å². The van der Waals surface area contributed by atoms with Crippen molar-refractivity contribution in [3.8, 4) is 0 Å². The molecule has 0 saturated carbocycles. The molecule has 16 heavy (non-hydrogen) atoms. The zero-order chi connectivity index (χ0) is 10.8. The number of pyridine rings is 1. The lowest BCUT2D eigenvalue weighted by Crippen LogP contribution is -2.29. The van der Waals surface area contributed by atoms with Gasteiger partial charge in [0.15, 0.2) is 0 Å². The molecule has 0 radical (unpaired) electrons. The van der Waals surface area contributed by atoms with Crippen LogP contribution in [0.3, 0.4) is 0 Å². The Morgan fingerprint density at radius 3 is 2.88 bits per heavy atom. The first-order chi connectivity index (χ1) is 7.16. The first kappa shape index (κ1) is 12.8. The van der Waals surface area contributed by atoms with Crippen LogP contribution >= 0.6 is 12.4 Å². The summed E-state index contributed by atoms with van der Waals surface area (Å²) in [5.74, 6) is 0.981. The molecular weight excluding hydrogens is 226 g/mol. The van der Waals surface area contributed by atoms with E-state index in [1.807, 2.05) is 4.90 Å². The summed E-state index contributed by atoms with van der Waals surface area (Å²) >= 11 is 0. The van der Waals surface area contributed by atoms with Crippen LogP contribution in [-0.4, -0.2) is 28.9 Å². The summed E-state index contributed by atoms with van der Waals surface area (Å²) in [5.41, 5.74) is 5.99. The first-order valence-electron chi connectivity index (χ1n) is 5.18. The third-order valence-corrected chi connectivity index (χ3v) is 2.70. The van der Waals surface area contributed by atoms with Crippen molar-refractivity contribution in [2.75, 3.05) is 18.8 Å². The van der Waals surface area contributed by atoms with Crippen LogP contribution in [0.2, 0.25) is 0 Å². The average molecular weight is 242 g/mol. The summed E-state index contributed by atoms with van der Waals surface area (Å²) in [6.07, 6.45) is 1.08. The van der Waals surface area contributed by atoms with E-state index in [9.17, 15) is 4.79 Å². The van der Waals surface area contributed by atoms with Gasteiger partial charge in [-0.05, 0) is 24.5 Å². The van der Waals surface area contributed by atoms with Crippen LogP contribution in [0.5, 0.6) is 0 Å². The van der Waals surface area contributed by atoms with Crippen LogP contribution < -0.4 is 5.73 Å². The zero-order valence-corrected chi connectivity index (χ0v) is 10.0. The van der Waals surface area contributed by atoms with Gasteiger partial charge in [0, 0.05) is 13.1 Å². The number of rotatable bonds is 1. The number of hydrogen-bond acceptors (Lipinski definition) is 3. The van der Waals surface area contributed by atoms with Gasteiger partial charge in [-0.15, -0.1) is 12.4 Å². The van der Waals surface area contributed by atoms with Gasteiger partial charge in [-0.1, -0.05) is 13.0 Å². The summed E-state index contributed by atoms with van der Waals surface area (Å²) < 4.78 is 0. The van der Waals surface area contributed by atoms with Crippen LogP contribution in [0, 0.1) is 5.92 Å². The second kappa shape index (κ2) is 5.16. The van der Waals surface area contributed by atoms with Crippen LogP contribution in [0.25, 0.3) is 0 Å². The van der Waals surface area contributed by atoms with Crippen molar-refractivity contribution in [2.45, 2.75) is 13.3 Å². The van der Waals surface area contributed by atoms with Crippen molar-refractivity contribution in [1.29, 1.82) is 0 Å². The molecule has 1 aromatic rings. The Balaban J connectivity index is 0.00000128. The van der Waals surface area contributed by atoms with Crippen molar-refractivity contribution in [3.05, 3.63) is 23.9 Å². The standard InChI is InChI=1S/C11H15N3O.ClH/c1-8-5-6-14(7-8)11(15)9-3-2-4-10(12)13-9;/h2-4,8H,5-7H2,1H3,(H2,12,13);1H. The molecule has 2 rings (SSSR count). The van der Waals surface area contributed by atoms with Gasteiger partial charge >= 0.3 is 0 Å². The molecular formula is C11H16ClN3O. The lowest BCUT2D eigenvalue weighted by Gasteiger charge is -2.15. The number of nitrogens with two attached hydrogens (primary N) is 1. The van der Waals surface area contributed by atoms with E-state index in [-0.39, 0.29) is 18.3 Å². The lowest BCUT2D eigenvalue weighted by molar-refractivity contribution is 0.0782. The number of anilines is 1. The molecule has 0 aliphatic carbocycles. The van der Waals surface area contributed by atoms with E-state index in [1.54, 1.807) is 18.2 Å². The van der Waals surface area contributed by atoms with Crippen LogP contribution in [0.4, 0.5) is 5.82 Å². The zero-order valence-electron chi connectivity index (χ0n) is 9.22. The SMILES string of the molecule is CC1CCN(C(=O)c2cccc(N)n2)C1.Cl. The molecule has 1 aromatic heterocycles. The molecule has 0 bridgehead atoms. The fourth-order valence-corrected chi connectivity index (χ4v) is 1.85. The Bertz CT molecular complexity index is 383. The topological polar surface area (TPSA) is 59.2 Å². The molecule has 1 saturated heterocycles. The maximum atomic E-state index is 12.0. The number of aromatic nitrogens is 1. The van der Waals surface area contributed by atoms with Crippen molar-refractivity contribution in [2.24, 2.45) is 5.92 Å². The molecule has 4 nitrogen and oxygen atoms in total. The average Bonchev–Trinajstić information content (AvgIpc) is 2.64. The quantitative estimate of drug-likeness (QED) is 0.812. The molecule has 2 heterocycles. The molecule has 0 spiro atoms. The smallest absolute Gasteiger partial charge is 0.272 e. The van der Waals surface area contributed by atoms with E-state index in [0.29, 0.717) is 17.4 Å². The van der Waals surface area contributed by atoms with Crippen LogP contribution in [0.1, 0.15) is 23.8 Å². The number of hydrogen-bond donors (Lipinski definition) is 1. The van der Waals surface area contributed by atoms with E-state index in [2.05, 4.69) is 11.9 Å². The lowest BCUT2D eigenvalue weighted by atomic mass is 10.2. The highest BCUT2D eigenvalue weighted by Crippen LogP contribution is 2.17. The second-order valence-corrected chi connectivity index (χ2v) is 4.09. The molecule has 88 valence electrons. The largest absolute Gasteiger partial charge is 0.384 e. The molecule has 1 fully saturated rings. The van der Waals surface area contributed by atoms with E-state index in [4.69, 9.17) is 5.73 Å².